The number of pyridine rings is 1. The molecule has 7 nitrogen and oxygen atoms in total. The maximum absolute atomic E-state index is 12.5. The normalized spacial score (nSPS) is 10.8. The molecule has 2 N–H and O–H groups in total. The Labute approximate surface area is 167 Å². The van der Waals surface area contributed by atoms with Gasteiger partial charge in [-0.1, -0.05) is 20.3 Å². The topological polar surface area (TPSA) is 101 Å². The van der Waals surface area contributed by atoms with Crippen molar-refractivity contribution in [2.75, 3.05) is 5.32 Å². The zero-order chi connectivity index (χ0) is 20.1. The van der Waals surface area contributed by atoms with E-state index in [1.807, 2.05) is 6.07 Å². The first-order valence-electron chi connectivity index (χ1n) is 9.30. The SMILES string of the molecule is CCCc1nc(NC(=O)Cc2c(C)nc(-c3cccnc3)[nH]c2=O)sc1CC. The number of H-pyrrole nitrogens is 1. The maximum Gasteiger partial charge on any atom is 0.255 e. The summed E-state index contributed by atoms with van der Waals surface area (Å²) in [6.45, 7) is 5.92. The number of hydrogen-bond acceptors (Lipinski definition) is 6. The maximum atomic E-state index is 12.5. The number of carbonyl (C=O) groups is 1. The van der Waals surface area contributed by atoms with Gasteiger partial charge in [-0.15, -0.1) is 11.3 Å². The summed E-state index contributed by atoms with van der Waals surface area (Å²) in [6.07, 6.45) is 6.03. The van der Waals surface area contributed by atoms with Gasteiger partial charge in [0.25, 0.3) is 5.56 Å². The van der Waals surface area contributed by atoms with Crippen molar-refractivity contribution in [1.29, 1.82) is 0 Å². The predicted octanol–water partition coefficient (Wildman–Crippen LogP) is 3.29. The molecule has 0 fully saturated rings. The molecule has 3 rings (SSSR count). The second-order valence-corrected chi connectivity index (χ2v) is 7.52. The average molecular weight is 398 g/mol. The van der Waals surface area contributed by atoms with E-state index in [0.717, 1.165) is 30.5 Å². The van der Waals surface area contributed by atoms with Gasteiger partial charge in [0.05, 0.1) is 12.1 Å². The number of anilines is 1. The lowest BCUT2D eigenvalue weighted by atomic mass is 10.1. The number of carbonyl (C=O) groups excluding carboxylic acids is 1. The lowest BCUT2D eigenvalue weighted by Gasteiger charge is -2.07. The second kappa shape index (κ2) is 8.88. The summed E-state index contributed by atoms with van der Waals surface area (Å²) < 4.78 is 0. The highest BCUT2D eigenvalue weighted by Crippen LogP contribution is 2.25. The van der Waals surface area contributed by atoms with Crippen LogP contribution in [0.1, 0.15) is 42.1 Å². The summed E-state index contributed by atoms with van der Waals surface area (Å²) in [4.78, 5) is 41.9. The fourth-order valence-electron chi connectivity index (χ4n) is 2.93. The van der Waals surface area contributed by atoms with Gasteiger partial charge < -0.3 is 10.3 Å². The molecule has 3 aromatic heterocycles. The number of aryl methyl sites for hydroxylation is 3. The lowest BCUT2D eigenvalue weighted by molar-refractivity contribution is -0.115. The van der Waals surface area contributed by atoms with Crippen LogP contribution in [0.25, 0.3) is 11.4 Å². The number of thiazole rings is 1. The molecule has 0 radical (unpaired) electrons. The standard InChI is InChI=1S/C20H23N5O2S/c1-4-7-15-16(5-2)28-20(23-15)24-17(26)10-14-12(3)22-18(25-19(14)27)13-8-6-9-21-11-13/h6,8-9,11H,4-5,7,10H2,1-3H3,(H,22,25,27)(H,23,24,26). The number of nitrogens with one attached hydrogen (secondary N) is 2. The molecule has 3 heterocycles. The van der Waals surface area contributed by atoms with Crippen LogP contribution in [0.15, 0.2) is 29.3 Å². The minimum absolute atomic E-state index is 0.0500. The van der Waals surface area contributed by atoms with Crippen LogP contribution in [-0.2, 0) is 24.1 Å². The Morgan fingerprint density at radius 1 is 1.29 bits per heavy atom. The summed E-state index contributed by atoms with van der Waals surface area (Å²) >= 11 is 1.49. The highest BCUT2D eigenvalue weighted by Gasteiger charge is 2.16. The van der Waals surface area contributed by atoms with Crippen LogP contribution in [0.5, 0.6) is 0 Å². The molecule has 1 amide bonds. The van der Waals surface area contributed by atoms with Gasteiger partial charge in [0.1, 0.15) is 5.82 Å². The van der Waals surface area contributed by atoms with Crippen molar-refractivity contribution in [3.63, 3.8) is 0 Å². The van der Waals surface area contributed by atoms with E-state index in [0.29, 0.717) is 22.2 Å². The molecular weight excluding hydrogens is 374 g/mol. The lowest BCUT2D eigenvalue weighted by Crippen LogP contribution is -2.23. The molecular formula is C20H23N5O2S. The first kappa shape index (κ1) is 19.9. The third kappa shape index (κ3) is 4.51. The summed E-state index contributed by atoms with van der Waals surface area (Å²) in [5.74, 6) is 0.167. The molecule has 0 saturated heterocycles. The molecule has 146 valence electrons. The van der Waals surface area contributed by atoms with Crippen LogP contribution in [-0.4, -0.2) is 25.8 Å². The minimum atomic E-state index is -0.318. The zero-order valence-corrected chi connectivity index (χ0v) is 17.0. The second-order valence-electron chi connectivity index (χ2n) is 6.44. The van der Waals surface area contributed by atoms with Crippen LogP contribution < -0.4 is 10.9 Å². The predicted molar refractivity (Wildman–Crippen MR) is 111 cm³/mol. The number of amides is 1. The summed E-state index contributed by atoms with van der Waals surface area (Å²) in [7, 11) is 0. The minimum Gasteiger partial charge on any atom is -0.306 e. The molecule has 0 unspecified atom stereocenters. The molecule has 8 heteroatoms. The van der Waals surface area contributed by atoms with E-state index in [-0.39, 0.29) is 17.9 Å². The molecule has 0 atom stereocenters. The van der Waals surface area contributed by atoms with Crippen molar-refractivity contribution in [2.24, 2.45) is 0 Å². The third-order valence-electron chi connectivity index (χ3n) is 4.33. The van der Waals surface area contributed by atoms with Crippen molar-refractivity contribution in [1.82, 2.24) is 19.9 Å². The first-order valence-corrected chi connectivity index (χ1v) is 10.1. The van der Waals surface area contributed by atoms with Gasteiger partial charge in [-0.25, -0.2) is 9.97 Å². The number of rotatable bonds is 7. The van der Waals surface area contributed by atoms with Gasteiger partial charge in [0.2, 0.25) is 5.91 Å². The number of hydrogen-bond donors (Lipinski definition) is 2. The Morgan fingerprint density at radius 2 is 2.11 bits per heavy atom. The van der Waals surface area contributed by atoms with Crippen molar-refractivity contribution in [3.8, 4) is 11.4 Å². The molecule has 0 spiro atoms. The van der Waals surface area contributed by atoms with E-state index in [4.69, 9.17) is 0 Å². The summed E-state index contributed by atoms with van der Waals surface area (Å²) in [5, 5.41) is 3.41. The highest BCUT2D eigenvalue weighted by molar-refractivity contribution is 7.15. The van der Waals surface area contributed by atoms with Gasteiger partial charge in [-0.05, 0) is 31.9 Å². The zero-order valence-electron chi connectivity index (χ0n) is 16.2. The van der Waals surface area contributed by atoms with Crippen LogP contribution >= 0.6 is 11.3 Å². The average Bonchev–Trinajstić information content (AvgIpc) is 3.07. The highest BCUT2D eigenvalue weighted by atomic mass is 32.1. The molecule has 0 aliphatic rings. The van der Waals surface area contributed by atoms with Gasteiger partial charge >= 0.3 is 0 Å². The van der Waals surface area contributed by atoms with Crippen LogP contribution in [0.3, 0.4) is 0 Å². The number of nitrogens with zero attached hydrogens (tertiary/aromatic N) is 3. The summed E-state index contributed by atoms with van der Waals surface area (Å²) in [5.41, 5.74) is 2.32. The first-order chi connectivity index (χ1) is 13.5. The van der Waals surface area contributed by atoms with E-state index >= 15 is 0 Å². The largest absolute Gasteiger partial charge is 0.306 e. The molecule has 28 heavy (non-hydrogen) atoms. The van der Waals surface area contributed by atoms with Gasteiger partial charge in [-0.2, -0.15) is 0 Å². The van der Waals surface area contributed by atoms with E-state index in [1.54, 1.807) is 25.4 Å². The molecule has 3 aromatic rings. The molecule has 0 aromatic carbocycles. The third-order valence-corrected chi connectivity index (χ3v) is 5.48. The fraction of sp³-hybridized carbons (Fsp3) is 0.350. The molecule has 0 bridgehead atoms. The van der Waals surface area contributed by atoms with E-state index in [1.165, 1.54) is 16.2 Å². The van der Waals surface area contributed by atoms with Crippen LogP contribution in [0.2, 0.25) is 0 Å². The van der Waals surface area contributed by atoms with Crippen molar-refractivity contribution >= 4 is 22.4 Å². The number of aromatic nitrogens is 4. The quantitative estimate of drug-likeness (QED) is 0.637. The smallest absolute Gasteiger partial charge is 0.255 e. The van der Waals surface area contributed by atoms with Gasteiger partial charge in [-0.3, -0.25) is 14.6 Å². The Hall–Kier alpha value is -2.87. The van der Waals surface area contributed by atoms with Crippen molar-refractivity contribution < 1.29 is 4.79 Å². The Kier molecular flexibility index (Phi) is 6.30. The Balaban J connectivity index is 1.76. The number of aromatic amines is 1. The van der Waals surface area contributed by atoms with Gasteiger partial charge in [0, 0.05) is 34.1 Å². The van der Waals surface area contributed by atoms with Crippen LogP contribution in [0, 0.1) is 6.92 Å². The van der Waals surface area contributed by atoms with Crippen molar-refractivity contribution in [3.05, 3.63) is 56.7 Å². The van der Waals surface area contributed by atoms with Gasteiger partial charge in [0.15, 0.2) is 5.13 Å². The summed E-state index contributed by atoms with van der Waals surface area (Å²) in [6, 6.07) is 3.59. The molecule has 0 aliphatic heterocycles. The van der Waals surface area contributed by atoms with E-state index in [2.05, 4.69) is 39.1 Å². The van der Waals surface area contributed by atoms with E-state index < -0.39 is 0 Å². The van der Waals surface area contributed by atoms with E-state index in [9.17, 15) is 9.59 Å². The molecule has 0 aliphatic carbocycles. The Bertz CT molecular complexity index is 1030. The van der Waals surface area contributed by atoms with Crippen molar-refractivity contribution in [2.45, 2.75) is 46.5 Å². The fourth-order valence-corrected chi connectivity index (χ4v) is 3.89. The molecule has 0 saturated carbocycles. The monoisotopic (exact) mass is 397 g/mol. The van der Waals surface area contributed by atoms with Crippen LogP contribution in [0.4, 0.5) is 5.13 Å². The Morgan fingerprint density at radius 3 is 2.75 bits per heavy atom.